The van der Waals surface area contributed by atoms with Gasteiger partial charge in [0.15, 0.2) is 0 Å². The second-order valence-corrected chi connectivity index (χ2v) is 2.98. The summed E-state index contributed by atoms with van der Waals surface area (Å²) < 4.78 is 3.23. The molecule has 0 radical (unpaired) electrons. The monoisotopic (exact) mass is 191 g/mol. The number of hydrogen-bond donors (Lipinski definition) is 0. The topological polar surface area (TPSA) is 65.6 Å². The van der Waals surface area contributed by atoms with E-state index in [1.807, 2.05) is 0 Å². The summed E-state index contributed by atoms with van der Waals surface area (Å²) in [6.07, 6.45) is 4.57. The van der Waals surface area contributed by atoms with Crippen molar-refractivity contribution < 1.29 is 4.79 Å². The van der Waals surface area contributed by atoms with Gasteiger partial charge in [0.1, 0.15) is 12.0 Å². The number of nitrogens with zero attached hydrogens (tertiary/aromatic N) is 5. The fourth-order valence-electron chi connectivity index (χ4n) is 1.18. The number of carbonyl (C=O) groups excluding carboxylic acids is 1. The molecule has 0 fully saturated rings. The lowest BCUT2D eigenvalue weighted by Crippen LogP contribution is -2.12. The Morgan fingerprint density at radius 1 is 1.29 bits per heavy atom. The molecule has 72 valence electrons. The summed E-state index contributed by atoms with van der Waals surface area (Å²) in [7, 11) is 3.49. The Morgan fingerprint density at radius 3 is 2.57 bits per heavy atom. The molecule has 14 heavy (non-hydrogen) atoms. The molecule has 0 aliphatic carbocycles. The Labute approximate surface area is 80.2 Å². The zero-order chi connectivity index (χ0) is 10.1. The van der Waals surface area contributed by atoms with Gasteiger partial charge in [-0.05, 0) is 0 Å². The zero-order valence-corrected chi connectivity index (χ0v) is 7.88. The van der Waals surface area contributed by atoms with Crippen LogP contribution in [0.2, 0.25) is 0 Å². The first kappa shape index (κ1) is 8.61. The van der Waals surface area contributed by atoms with Gasteiger partial charge in [-0.15, -0.1) is 10.2 Å². The lowest BCUT2D eigenvalue weighted by molar-refractivity contribution is 0.101. The van der Waals surface area contributed by atoms with Crippen LogP contribution in [0.25, 0.3) is 0 Å². The van der Waals surface area contributed by atoms with Crippen LogP contribution < -0.4 is 0 Å². The van der Waals surface area contributed by atoms with E-state index < -0.39 is 0 Å². The number of hydrogen-bond acceptors (Lipinski definition) is 4. The van der Waals surface area contributed by atoms with Crippen LogP contribution in [0.4, 0.5) is 0 Å². The number of rotatable bonds is 2. The van der Waals surface area contributed by atoms with Crippen LogP contribution in [0, 0.1) is 0 Å². The maximum atomic E-state index is 11.8. The largest absolute Gasteiger partial charge is 0.331 e. The molecule has 0 aliphatic rings. The van der Waals surface area contributed by atoms with Crippen LogP contribution in [-0.4, -0.2) is 30.1 Å². The van der Waals surface area contributed by atoms with E-state index in [1.165, 1.54) is 12.5 Å². The Morgan fingerprint density at radius 2 is 2.07 bits per heavy atom. The minimum atomic E-state index is -0.176. The Hall–Kier alpha value is -1.98. The highest BCUT2D eigenvalue weighted by Crippen LogP contribution is 2.04. The van der Waals surface area contributed by atoms with Crippen molar-refractivity contribution >= 4 is 5.78 Å². The third-order valence-corrected chi connectivity index (χ3v) is 1.96. The summed E-state index contributed by atoms with van der Waals surface area (Å²) >= 11 is 0. The lowest BCUT2D eigenvalue weighted by Gasteiger charge is -1.99. The molecule has 2 aromatic heterocycles. The molecule has 0 saturated carbocycles. The molecule has 0 unspecified atom stereocenters. The van der Waals surface area contributed by atoms with Gasteiger partial charge in [-0.2, -0.15) is 0 Å². The summed E-state index contributed by atoms with van der Waals surface area (Å²) in [5, 5.41) is 7.38. The highest BCUT2D eigenvalue weighted by atomic mass is 16.1. The fraction of sp³-hybridized carbons (Fsp3) is 0.250. The third kappa shape index (κ3) is 1.20. The van der Waals surface area contributed by atoms with Crippen LogP contribution in [0.1, 0.15) is 16.3 Å². The van der Waals surface area contributed by atoms with Gasteiger partial charge in [0.05, 0.1) is 12.5 Å². The van der Waals surface area contributed by atoms with Crippen molar-refractivity contribution in [3.05, 3.63) is 30.4 Å². The predicted octanol–water partition coefficient (Wildman–Crippen LogP) is -0.220. The first-order valence-electron chi connectivity index (χ1n) is 4.05. The smallest absolute Gasteiger partial charge is 0.248 e. The first-order valence-corrected chi connectivity index (χ1v) is 4.05. The summed E-state index contributed by atoms with van der Waals surface area (Å²) in [5.41, 5.74) is 0.501. The molecular weight excluding hydrogens is 182 g/mol. The van der Waals surface area contributed by atoms with Gasteiger partial charge in [-0.1, -0.05) is 0 Å². The van der Waals surface area contributed by atoms with Crippen LogP contribution in [-0.2, 0) is 14.1 Å². The maximum Gasteiger partial charge on any atom is 0.248 e. The molecular formula is C8H9N5O. The molecule has 0 atom stereocenters. The van der Waals surface area contributed by atoms with Crippen molar-refractivity contribution in [2.75, 3.05) is 0 Å². The van der Waals surface area contributed by atoms with Crippen LogP contribution in [0.5, 0.6) is 0 Å². The Bertz CT molecular complexity index is 427. The number of imidazole rings is 1. The SMILES string of the molecule is Cn1cncc1C(=O)c1nncn1C. The normalized spacial score (nSPS) is 10.4. The molecule has 2 rings (SSSR count). The van der Waals surface area contributed by atoms with Gasteiger partial charge in [0, 0.05) is 14.1 Å². The van der Waals surface area contributed by atoms with Gasteiger partial charge in [-0.3, -0.25) is 4.79 Å². The first-order chi connectivity index (χ1) is 6.70. The summed E-state index contributed by atoms with van der Waals surface area (Å²) in [5.74, 6) is 0.138. The van der Waals surface area contributed by atoms with Crippen molar-refractivity contribution in [1.29, 1.82) is 0 Å². The second kappa shape index (κ2) is 3.06. The molecule has 6 heteroatoms. The second-order valence-electron chi connectivity index (χ2n) is 2.98. The highest BCUT2D eigenvalue weighted by molar-refractivity contribution is 6.05. The lowest BCUT2D eigenvalue weighted by atomic mass is 10.3. The number of carbonyl (C=O) groups is 1. The fourth-order valence-corrected chi connectivity index (χ4v) is 1.18. The quantitative estimate of drug-likeness (QED) is 0.615. The molecule has 0 aromatic carbocycles. The number of ketones is 1. The van der Waals surface area contributed by atoms with E-state index in [0.717, 1.165) is 0 Å². The van der Waals surface area contributed by atoms with Crippen LogP contribution >= 0.6 is 0 Å². The van der Waals surface area contributed by atoms with Crippen molar-refractivity contribution in [3.8, 4) is 0 Å². The molecule has 0 aliphatic heterocycles. The van der Waals surface area contributed by atoms with E-state index in [2.05, 4.69) is 15.2 Å². The van der Waals surface area contributed by atoms with Gasteiger partial charge in [0.25, 0.3) is 0 Å². The molecule has 0 saturated heterocycles. The average Bonchev–Trinajstić information content (AvgIpc) is 2.73. The van der Waals surface area contributed by atoms with Crippen LogP contribution in [0.3, 0.4) is 0 Å². The molecule has 2 aromatic rings. The standard InChI is InChI=1S/C8H9N5O/c1-12-4-9-3-6(12)7(14)8-11-10-5-13(8)2/h3-5H,1-2H3. The van der Waals surface area contributed by atoms with Gasteiger partial charge >= 0.3 is 0 Å². The molecule has 0 bridgehead atoms. The number of aryl methyl sites for hydroxylation is 2. The van der Waals surface area contributed by atoms with E-state index in [1.54, 1.807) is 29.6 Å². The van der Waals surface area contributed by atoms with E-state index in [0.29, 0.717) is 11.5 Å². The summed E-state index contributed by atoms with van der Waals surface area (Å²) in [6.45, 7) is 0. The predicted molar refractivity (Wildman–Crippen MR) is 47.6 cm³/mol. The van der Waals surface area contributed by atoms with Crippen molar-refractivity contribution in [3.63, 3.8) is 0 Å². The van der Waals surface area contributed by atoms with Crippen molar-refractivity contribution in [2.24, 2.45) is 14.1 Å². The van der Waals surface area contributed by atoms with E-state index in [-0.39, 0.29) is 5.78 Å². The highest BCUT2D eigenvalue weighted by Gasteiger charge is 2.17. The van der Waals surface area contributed by atoms with Crippen molar-refractivity contribution in [1.82, 2.24) is 24.3 Å². The maximum absolute atomic E-state index is 11.8. The molecule has 6 nitrogen and oxygen atoms in total. The third-order valence-electron chi connectivity index (χ3n) is 1.96. The summed E-state index contributed by atoms with van der Waals surface area (Å²) in [4.78, 5) is 15.7. The zero-order valence-electron chi connectivity index (χ0n) is 7.88. The Kier molecular flexibility index (Phi) is 1.88. The van der Waals surface area contributed by atoms with Crippen molar-refractivity contribution in [2.45, 2.75) is 0 Å². The van der Waals surface area contributed by atoms with E-state index in [9.17, 15) is 4.79 Å². The minimum Gasteiger partial charge on any atom is -0.331 e. The molecule has 0 amide bonds. The van der Waals surface area contributed by atoms with E-state index >= 15 is 0 Å². The number of aromatic nitrogens is 5. The van der Waals surface area contributed by atoms with Gasteiger partial charge in [-0.25, -0.2) is 4.98 Å². The van der Waals surface area contributed by atoms with Gasteiger partial charge < -0.3 is 9.13 Å². The van der Waals surface area contributed by atoms with Gasteiger partial charge in [0.2, 0.25) is 11.6 Å². The molecule has 0 N–H and O–H groups in total. The van der Waals surface area contributed by atoms with Crippen LogP contribution in [0.15, 0.2) is 18.9 Å². The average molecular weight is 191 g/mol. The Balaban J connectivity index is 2.44. The van der Waals surface area contributed by atoms with E-state index in [4.69, 9.17) is 0 Å². The minimum absolute atomic E-state index is 0.176. The molecule has 2 heterocycles. The summed E-state index contributed by atoms with van der Waals surface area (Å²) in [6, 6.07) is 0. The molecule has 0 spiro atoms.